The molecule has 1 amide bonds. The zero-order valence-corrected chi connectivity index (χ0v) is 19.0. The lowest BCUT2D eigenvalue weighted by atomic mass is 10.1. The third-order valence-corrected chi connectivity index (χ3v) is 4.07. The Morgan fingerprint density at radius 3 is 2.23 bits per heavy atom. The Hall–Kier alpha value is -3.47. The van der Waals surface area contributed by atoms with Crippen LogP contribution in [0.4, 0.5) is 0 Å². The maximum atomic E-state index is 11.9. The number of para-hydroxylation sites is 1. The summed E-state index contributed by atoms with van der Waals surface area (Å²) in [7, 11) is 0. The van der Waals surface area contributed by atoms with Crippen molar-refractivity contribution >= 4 is 34.5 Å². The van der Waals surface area contributed by atoms with Crippen LogP contribution in [0.1, 0.15) is 55.6 Å². The van der Waals surface area contributed by atoms with Crippen LogP contribution in [0.2, 0.25) is 0 Å². The molecule has 164 valence electrons. The molecule has 0 saturated heterocycles. The van der Waals surface area contributed by atoms with Crippen molar-refractivity contribution in [2.75, 3.05) is 6.54 Å². The Bertz CT molecular complexity index is 1030. The molecule has 0 aliphatic rings. The average Bonchev–Trinajstić information content (AvgIpc) is 3.18. The van der Waals surface area contributed by atoms with Crippen molar-refractivity contribution in [2.24, 2.45) is 0 Å². The fourth-order valence-corrected chi connectivity index (χ4v) is 2.62. The molecule has 0 aliphatic heterocycles. The summed E-state index contributed by atoms with van der Waals surface area (Å²) in [4.78, 5) is 37.1. The number of Topliss-reactive ketones (excluding diaryl/α,β-unsaturated/α-hetero) is 2. The molecule has 5 heteroatoms. The second kappa shape index (κ2) is 13.7. The minimum atomic E-state index is -0.769. The molecule has 0 unspecified atom stereocenters. The number of amides is 1. The summed E-state index contributed by atoms with van der Waals surface area (Å²) in [5.41, 5.74) is 3.75. The van der Waals surface area contributed by atoms with Gasteiger partial charge in [0.25, 0.3) is 11.7 Å². The van der Waals surface area contributed by atoms with Crippen LogP contribution in [0, 0.1) is 6.92 Å². The van der Waals surface area contributed by atoms with Crippen LogP contribution >= 0.6 is 0 Å². The van der Waals surface area contributed by atoms with Gasteiger partial charge < -0.3 is 10.3 Å². The number of allylic oxidation sites excluding steroid dienone is 1. The number of aryl methyl sites for hydroxylation is 1. The molecular formula is C26H32N2O3. The highest BCUT2D eigenvalue weighted by Crippen LogP contribution is 2.18. The zero-order chi connectivity index (χ0) is 23.2. The van der Waals surface area contributed by atoms with Gasteiger partial charge in [-0.3, -0.25) is 14.4 Å². The molecule has 31 heavy (non-hydrogen) atoms. The Balaban J connectivity index is 0.000000311. The molecule has 0 spiro atoms. The van der Waals surface area contributed by atoms with Crippen molar-refractivity contribution in [1.29, 1.82) is 0 Å². The minimum absolute atomic E-state index is 0.132. The lowest BCUT2D eigenvalue weighted by molar-refractivity contribution is -0.121. The van der Waals surface area contributed by atoms with Crippen molar-refractivity contribution in [2.45, 2.75) is 41.0 Å². The van der Waals surface area contributed by atoms with Crippen molar-refractivity contribution in [3.05, 3.63) is 77.5 Å². The summed E-state index contributed by atoms with van der Waals surface area (Å²) < 4.78 is 0. The Labute approximate surface area is 184 Å². The standard InChI is InChI=1S/C13H12N2O3.C10H12.C3H8/c1-8(16)6-15-13(18)12(17)10-7-14-11-5-3-2-4-9(10)11;1-3-6-10-8-5-4-7-9(10)2;1-3-2/h2-5,7,14H,6H2,1H3,(H,15,18);3-8H,1-2H3;3H2,1-2H3/b;6-3-;. The van der Waals surface area contributed by atoms with Crippen molar-refractivity contribution in [3.63, 3.8) is 0 Å². The van der Waals surface area contributed by atoms with Gasteiger partial charge in [0.2, 0.25) is 0 Å². The fourth-order valence-electron chi connectivity index (χ4n) is 2.62. The van der Waals surface area contributed by atoms with E-state index in [1.807, 2.05) is 19.1 Å². The van der Waals surface area contributed by atoms with Crippen molar-refractivity contribution in [1.82, 2.24) is 10.3 Å². The summed E-state index contributed by atoms with van der Waals surface area (Å²) in [5, 5.41) is 2.98. The monoisotopic (exact) mass is 420 g/mol. The molecule has 0 fully saturated rings. The van der Waals surface area contributed by atoms with E-state index < -0.39 is 11.7 Å². The minimum Gasteiger partial charge on any atom is -0.360 e. The van der Waals surface area contributed by atoms with E-state index in [-0.39, 0.29) is 12.3 Å². The average molecular weight is 421 g/mol. The normalized spacial score (nSPS) is 9.97. The predicted molar refractivity (Wildman–Crippen MR) is 128 cm³/mol. The van der Waals surface area contributed by atoms with E-state index >= 15 is 0 Å². The van der Waals surface area contributed by atoms with Crippen LogP contribution in [-0.4, -0.2) is 29.0 Å². The first kappa shape index (κ1) is 25.6. The van der Waals surface area contributed by atoms with Crippen LogP contribution < -0.4 is 5.32 Å². The van der Waals surface area contributed by atoms with Crippen molar-refractivity contribution in [3.8, 4) is 0 Å². The smallest absolute Gasteiger partial charge is 0.292 e. The van der Waals surface area contributed by atoms with Crippen molar-refractivity contribution < 1.29 is 14.4 Å². The molecule has 0 bridgehead atoms. The highest BCUT2D eigenvalue weighted by molar-refractivity contribution is 6.45. The van der Waals surface area contributed by atoms with Gasteiger partial charge >= 0.3 is 0 Å². The number of hydrogen-bond acceptors (Lipinski definition) is 3. The number of hydrogen-bond donors (Lipinski definition) is 2. The fraction of sp³-hybridized carbons (Fsp3) is 0.269. The second-order valence-electron chi connectivity index (χ2n) is 7.03. The number of fused-ring (bicyclic) bond motifs is 1. The molecule has 3 aromatic rings. The van der Waals surface area contributed by atoms with E-state index in [1.54, 1.807) is 12.1 Å². The molecule has 1 aromatic heterocycles. The first-order valence-corrected chi connectivity index (χ1v) is 10.4. The number of benzene rings is 2. The van der Waals surface area contributed by atoms with Crippen LogP contribution in [0.5, 0.6) is 0 Å². The second-order valence-corrected chi connectivity index (χ2v) is 7.03. The number of carbonyl (C=O) groups is 3. The number of aromatic nitrogens is 1. The van der Waals surface area contributed by atoms with Gasteiger partial charge in [-0.2, -0.15) is 0 Å². The largest absolute Gasteiger partial charge is 0.360 e. The van der Waals surface area contributed by atoms with Crippen LogP contribution in [-0.2, 0) is 9.59 Å². The summed E-state index contributed by atoms with van der Waals surface area (Å²) in [6.07, 6.45) is 6.93. The molecule has 0 aliphatic carbocycles. The SMILES string of the molecule is C/C=C\c1ccccc1C.CC(=O)CNC(=O)C(=O)c1c[nH]c2ccccc12.CCC. The summed E-state index contributed by atoms with van der Waals surface area (Å²) in [5.74, 6) is -1.61. The Morgan fingerprint density at radius 2 is 1.61 bits per heavy atom. The predicted octanol–water partition coefficient (Wildman–Crippen LogP) is 5.50. The molecule has 1 heterocycles. The number of H-pyrrole nitrogens is 1. The summed E-state index contributed by atoms with van der Waals surface area (Å²) in [6, 6.07) is 15.6. The van der Waals surface area contributed by atoms with Gasteiger partial charge in [0.1, 0.15) is 5.78 Å². The molecule has 0 atom stereocenters. The highest BCUT2D eigenvalue weighted by atomic mass is 16.2. The van der Waals surface area contributed by atoms with Crippen LogP contribution in [0.3, 0.4) is 0 Å². The van der Waals surface area contributed by atoms with E-state index in [0.29, 0.717) is 10.9 Å². The zero-order valence-electron chi connectivity index (χ0n) is 19.0. The van der Waals surface area contributed by atoms with E-state index in [0.717, 1.165) is 5.52 Å². The number of nitrogens with one attached hydrogen (secondary N) is 2. The molecule has 3 rings (SSSR count). The number of ketones is 2. The number of rotatable bonds is 5. The lowest BCUT2D eigenvalue weighted by Gasteiger charge is -2.00. The van der Waals surface area contributed by atoms with Gasteiger partial charge in [-0.1, -0.05) is 74.9 Å². The summed E-state index contributed by atoms with van der Waals surface area (Å²) in [6.45, 7) is 9.62. The van der Waals surface area contributed by atoms with Gasteiger partial charge in [0.05, 0.1) is 12.1 Å². The van der Waals surface area contributed by atoms with E-state index in [9.17, 15) is 14.4 Å². The van der Waals surface area contributed by atoms with Gasteiger partial charge in [-0.15, -0.1) is 0 Å². The highest BCUT2D eigenvalue weighted by Gasteiger charge is 2.19. The molecule has 0 saturated carbocycles. The molecule has 2 N–H and O–H groups in total. The van der Waals surface area contributed by atoms with Gasteiger partial charge in [0, 0.05) is 17.1 Å². The Kier molecular flexibility index (Phi) is 11.3. The number of aromatic amines is 1. The topological polar surface area (TPSA) is 79.0 Å². The van der Waals surface area contributed by atoms with Crippen LogP contribution in [0.15, 0.2) is 60.8 Å². The quantitative estimate of drug-likeness (QED) is 0.422. The van der Waals surface area contributed by atoms with Gasteiger partial charge in [-0.25, -0.2) is 0 Å². The third kappa shape index (κ3) is 8.42. The maximum absolute atomic E-state index is 11.9. The maximum Gasteiger partial charge on any atom is 0.292 e. The molecule has 2 aromatic carbocycles. The van der Waals surface area contributed by atoms with E-state index in [1.165, 1.54) is 30.7 Å². The van der Waals surface area contributed by atoms with Gasteiger partial charge in [-0.05, 0) is 38.0 Å². The molecule has 0 radical (unpaired) electrons. The third-order valence-electron chi connectivity index (χ3n) is 4.07. The summed E-state index contributed by atoms with van der Waals surface area (Å²) >= 11 is 0. The first-order chi connectivity index (χ1) is 14.8. The Morgan fingerprint density at radius 1 is 1.00 bits per heavy atom. The molecular weight excluding hydrogens is 388 g/mol. The van der Waals surface area contributed by atoms with Gasteiger partial charge in [0.15, 0.2) is 0 Å². The van der Waals surface area contributed by atoms with E-state index in [4.69, 9.17) is 0 Å². The number of carbonyl (C=O) groups excluding carboxylic acids is 3. The lowest BCUT2D eigenvalue weighted by Crippen LogP contribution is -2.34. The first-order valence-electron chi connectivity index (χ1n) is 10.4. The molecule has 5 nitrogen and oxygen atoms in total. The van der Waals surface area contributed by atoms with Crippen LogP contribution in [0.25, 0.3) is 17.0 Å². The van der Waals surface area contributed by atoms with E-state index in [2.05, 4.69) is 67.5 Å².